The highest BCUT2D eigenvalue weighted by atomic mass is 79.9. The summed E-state index contributed by atoms with van der Waals surface area (Å²) in [7, 11) is -1.37. The minimum absolute atomic E-state index is 0.191. The molecule has 0 aliphatic rings. The molecule has 112 valence electrons. The highest BCUT2D eigenvalue weighted by Gasteiger charge is 2.12. The predicted octanol–water partition coefficient (Wildman–Crippen LogP) is 3.88. The molecule has 21 heavy (non-hydrogen) atoms. The molecule has 0 fully saturated rings. The third-order valence-electron chi connectivity index (χ3n) is 2.76. The van der Waals surface area contributed by atoms with Crippen LogP contribution in [0.15, 0.2) is 45.8 Å². The van der Waals surface area contributed by atoms with E-state index in [0.717, 1.165) is 0 Å². The van der Waals surface area contributed by atoms with Crippen molar-refractivity contribution < 1.29 is 13.3 Å². The van der Waals surface area contributed by atoms with Crippen LogP contribution in [0.25, 0.3) is 0 Å². The van der Waals surface area contributed by atoms with Crippen molar-refractivity contribution >= 4 is 32.4 Å². The lowest BCUT2D eigenvalue weighted by molar-refractivity contribution is 0.339. The van der Waals surface area contributed by atoms with Crippen LogP contribution in [-0.4, -0.2) is 10.8 Å². The van der Waals surface area contributed by atoms with Crippen LogP contribution in [0, 0.1) is 5.82 Å². The lowest BCUT2D eigenvalue weighted by Gasteiger charge is -2.09. The maximum Gasteiger partial charge on any atom is 0.124 e. The van der Waals surface area contributed by atoms with Crippen LogP contribution in [0.4, 0.5) is 10.1 Å². The summed E-state index contributed by atoms with van der Waals surface area (Å²) in [5.74, 6) is 0.443. The molecule has 2 rings (SSSR count). The molecule has 3 nitrogen and oxygen atoms in total. The van der Waals surface area contributed by atoms with Crippen LogP contribution in [-0.2, 0) is 16.6 Å². The Balaban J connectivity index is 2.25. The maximum absolute atomic E-state index is 13.4. The average Bonchev–Trinajstić information content (AvgIpc) is 2.40. The fraction of sp³-hybridized carbons (Fsp3) is 0.200. The van der Waals surface area contributed by atoms with Crippen molar-refractivity contribution in [2.24, 2.45) is 0 Å². The molecule has 0 saturated heterocycles. The molecule has 0 amide bonds. The number of nitrogen functional groups attached to an aromatic ring is 1. The van der Waals surface area contributed by atoms with Crippen molar-refractivity contribution in [3.63, 3.8) is 0 Å². The van der Waals surface area contributed by atoms with E-state index in [1.807, 2.05) is 6.92 Å². The average molecular weight is 372 g/mol. The number of ether oxygens (including phenoxy) is 1. The van der Waals surface area contributed by atoms with E-state index in [4.69, 9.17) is 10.5 Å². The van der Waals surface area contributed by atoms with Gasteiger partial charge < -0.3 is 10.5 Å². The van der Waals surface area contributed by atoms with Gasteiger partial charge in [-0.15, -0.1) is 0 Å². The Labute approximate surface area is 133 Å². The normalized spacial score (nSPS) is 12.1. The van der Waals surface area contributed by atoms with E-state index in [9.17, 15) is 8.60 Å². The number of benzene rings is 2. The first-order valence-electron chi connectivity index (χ1n) is 6.35. The lowest BCUT2D eigenvalue weighted by Crippen LogP contribution is -2.02. The molecule has 0 radical (unpaired) electrons. The second-order valence-electron chi connectivity index (χ2n) is 4.40. The van der Waals surface area contributed by atoms with Crippen molar-refractivity contribution in [3.8, 4) is 5.75 Å². The van der Waals surface area contributed by atoms with Crippen molar-refractivity contribution in [2.45, 2.75) is 17.6 Å². The summed E-state index contributed by atoms with van der Waals surface area (Å²) < 4.78 is 31.8. The van der Waals surface area contributed by atoms with Crippen LogP contribution in [0.2, 0.25) is 0 Å². The highest BCUT2D eigenvalue weighted by molar-refractivity contribution is 9.10. The summed E-state index contributed by atoms with van der Waals surface area (Å²) in [5.41, 5.74) is 6.95. The lowest BCUT2D eigenvalue weighted by atomic mass is 10.2. The molecular formula is C15H15BrFNO2S. The van der Waals surface area contributed by atoms with Crippen molar-refractivity contribution in [2.75, 3.05) is 12.3 Å². The molecule has 1 atom stereocenters. The quantitative estimate of drug-likeness (QED) is 0.811. The van der Waals surface area contributed by atoms with E-state index in [0.29, 0.717) is 33.0 Å². The summed E-state index contributed by atoms with van der Waals surface area (Å²) in [4.78, 5) is 0.501. The molecule has 0 aromatic heterocycles. The molecule has 0 aliphatic heterocycles. The number of anilines is 1. The first-order valence-corrected chi connectivity index (χ1v) is 8.46. The van der Waals surface area contributed by atoms with Crippen molar-refractivity contribution in [3.05, 3.63) is 52.3 Å². The third-order valence-corrected chi connectivity index (χ3v) is 4.66. The molecule has 2 N–H and O–H groups in total. The van der Waals surface area contributed by atoms with Crippen molar-refractivity contribution in [1.29, 1.82) is 0 Å². The second kappa shape index (κ2) is 7.04. The summed E-state index contributed by atoms with van der Waals surface area (Å²) >= 11 is 3.22. The molecule has 0 bridgehead atoms. The molecule has 1 unspecified atom stereocenters. The Bertz CT molecular complexity index is 658. The van der Waals surface area contributed by atoms with Crippen molar-refractivity contribution in [1.82, 2.24) is 0 Å². The third kappa shape index (κ3) is 4.28. The summed E-state index contributed by atoms with van der Waals surface area (Å²) in [6.45, 7) is 2.39. The van der Waals surface area contributed by atoms with Gasteiger partial charge in [0.1, 0.15) is 11.6 Å². The van der Waals surface area contributed by atoms with E-state index in [1.165, 1.54) is 12.1 Å². The Kier molecular flexibility index (Phi) is 5.36. The first kappa shape index (κ1) is 16.0. The van der Waals surface area contributed by atoms with Gasteiger partial charge in [0.25, 0.3) is 0 Å². The molecule has 0 spiro atoms. The van der Waals surface area contributed by atoms with Gasteiger partial charge in [-0.25, -0.2) is 4.39 Å². The van der Waals surface area contributed by atoms with Crippen LogP contribution in [0.5, 0.6) is 5.75 Å². The van der Waals surface area contributed by atoms with E-state index in [2.05, 4.69) is 15.9 Å². The van der Waals surface area contributed by atoms with Gasteiger partial charge in [0.15, 0.2) is 0 Å². The van der Waals surface area contributed by atoms with Gasteiger partial charge in [-0.05, 0) is 48.9 Å². The van der Waals surface area contributed by atoms with Gasteiger partial charge in [-0.2, -0.15) is 0 Å². The summed E-state index contributed by atoms with van der Waals surface area (Å²) in [6.07, 6.45) is 0. The zero-order valence-electron chi connectivity index (χ0n) is 11.4. The van der Waals surface area contributed by atoms with Gasteiger partial charge in [0.2, 0.25) is 0 Å². The number of hydrogen-bond acceptors (Lipinski definition) is 3. The summed E-state index contributed by atoms with van der Waals surface area (Å²) in [5, 5.41) is 0. The summed E-state index contributed by atoms with van der Waals surface area (Å²) in [6, 6.07) is 9.53. The van der Waals surface area contributed by atoms with Crippen LogP contribution >= 0.6 is 15.9 Å². The number of nitrogens with two attached hydrogens (primary N) is 1. The van der Waals surface area contributed by atoms with Crippen LogP contribution in [0.3, 0.4) is 0 Å². The predicted molar refractivity (Wildman–Crippen MR) is 86.2 cm³/mol. The molecule has 0 saturated carbocycles. The smallest absolute Gasteiger partial charge is 0.124 e. The van der Waals surface area contributed by atoms with Gasteiger partial charge in [-0.3, -0.25) is 4.21 Å². The van der Waals surface area contributed by atoms with Gasteiger partial charge >= 0.3 is 0 Å². The Morgan fingerprint density at radius 3 is 2.71 bits per heavy atom. The highest BCUT2D eigenvalue weighted by Crippen LogP contribution is 2.25. The van der Waals surface area contributed by atoms with E-state index in [-0.39, 0.29) is 11.6 Å². The minimum Gasteiger partial charge on any atom is -0.494 e. The largest absolute Gasteiger partial charge is 0.494 e. The van der Waals surface area contributed by atoms with Gasteiger partial charge in [0.05, 0.1) is 28.1 Å². The topological polar surface area (TPSA) is 52.3 Å². The minimum atomic E-state index is -1.37. The Morgan fingerprint density at radius 2 is 2.05 bits per heavy atom. The first-order chi connectivity index (χ1) is 9.99. The molecule has 6 heteroatoms. The standard InChI is InChI=1S/C15H15BrFNO2S/c1-2-20-13-3-4-14(18)15(8-13)21(19)9-10-5-11(16)7-12(17)6-10/h3-8H,2,9,18H2,1H3. The molecule has 2 aromatic carbocycles. The van der Waals surface area contributed by atoms with Crippen LogP contribution < -0.4 is 10.5 Å². The number of hydrogen-bond donors (Lipinski definition) is 1. The number of rotatable bonds is 5. The maximum atomic E-state index is 13.4. The Morgan fingerprint density at radius 1 is 1.29 bits per heavy atom. The van der Waals surface area contributed by atoms with E-state index >= 15 is 0 Å². The zero-order valence-corrected chi connectivity index (χ0v) is 13.8. The monoisotopic (exact) mass is 371 g/mol. The van der Waals surface area contributed by atoms with Crippen LogP contribution in [0.1, 0.15) is 12.5 Å². The SMILES string of the molecule is CCOc1ccc(N)c(S(=O)Cc2cc(F)cc(Br)c2)c1. The molecule has 0 aliphatic carbocycles. The molecule has 2 aromatic rings. The fourth-order valence-corrected chi connectivity index (χ4v) is 3.61. The zero-order chi connectivity index (χ0) is 15.4. The van der Waals surface area contributed by atoms with E-state index < -0.39 is 10.8 Å². The van der Waals surface area contributed by atoms with Gasteiger partial charge in [0, 0.05) is 10.2 Å². The fourth-order valence-electron chi connectivity index (χ4n) is 1.89. The molecular weight excluding hydrogens is 357 g/mol. The molecule has 0 heterocycles. The Hall–Kier alpha value is -1.40. The number of halogens is 2. The second-order valence-corrected chi connectivity index (χ2v) is 6.74. The van der Waals surface area contributed by atoms with E-state index in [1.54, 1.807) is 24.3 Å². The van der Waals surface area contributed by atoms with Gasteiger partial charge in [-0.1, -0.05) is 15.9 Å².